The van der Waals surface area contributed by atoms with E-state index in [1.54, 1.807) is 0 Å². The Morgan fingerprint density at radius 3 is 2.67 bits per heavy atom. The number of nitrogens with zero attached hydrogens (tertiary/aromatic N) is 2. The van der Waals surface area contributed by atoms with Gasteiger partial charge in [0, 0.05) is 23.2 Å². The zero-order valence-corrected chi connectivity index (χ0v) is 12.3. The van der Waals surface area contributed by atoms with Crippen LogP contribution in [0.5, 0.6) is 0 Å². The first-order valence-corrected chi connectivity index (χ1v) is 7.32. The van der Waals surface area contributed by atoms with Crippen molar-refractivity contribution in [1.29, 1.82) is 0 Å². The van der Waals surface area contributed by atoms with E-state index in [1.165, 1.54) is 9.75 Å². The van der Waals surface area contributed by atoms with Crippen molar-refractivity contribution < 1.29 is 0 Å². The van der Waals surface area contributed by atoms with Crippen molar-refractivity contribution in [3.8, 4) is 10.6 Å². The zero-order valence-electron chi connectivity index (χ0n) is 11.5. The van der Waals surface area contributed by atoms with Gasteiger partial charge in [0.2, 0.25) is 0 Å². The summed E-state index contributed by atoms with van der Waals surface area (Å²) in [6.45, 7) is 9.62. The molecule has 4 heteroatoms. The molecular formula is C14H21N3S. The first-order chi connectivity index (χ1) is 8.61. The van der Waals surface area contributed by atoms with Crippen molar-refractivity contribution in [3.05, 3.63) is 29.3 Å². The molecule has 0 aromatic carbocycles. The fourth-order valence-corrected chi connectivity index (χ4v) is 2.89. The molecule has 1 atom stereocenters. The number of nitrogens with one attached hydrogen (secondary N) is 1. The molecule has 0 aliphatic carbocycles. The molecule has 0 saturated heterocycles. The van der Waals surface area contributed by atoms with Crippen molar-refractivity contribution >= 4 is 11.3 Å². The summed E-state index contributed by atoms with van der Waals surface area (Å²) in [5.74, 6) is 0. The molecular weight excluding hydrogens is 242 g/mol. The van der Waals surface area contributed by atoms with Crippen LogP contribution in [0.2, 0.25) is 0 Å². The largest absolute Gasteiger partial charge is 0.310 e. The van der Waals surface area contributed by atoms with E-state index in [1.807, 2.05) is 22.2 Å². The molecule has 0 radical (unpaired) electrons. The van der Waals surface area contributed by atoms with Crippen molar-refractivity contribution in [2.75, 3.05) is 6.54 Å². The van der Waals surface area contributed by atoms with Crippen molar-refractivity contribution in [2.24, 2.45) is 0 Å². The molecule has 0 fully saturated rings. The third-order valence-electron chi connectivity index (χ3n) is 2.95. The first kappa shape index (κ1) is 13.3. The van der Waals surface area contributed by atoms with Crippen LogP contribution in [0.3, 0.4) is 0 Å². The van der Waals surface area contributed by atoms with Gasteiger partial charge < -0.3 is 5.32 Å². The van der Waals surface area contributed by atoms with Gasteiger partial charge in [-0.1, -0.05) is 6.92 Å². The molecule has 18 heavy (non-hydrogen) atoms. The minimum Gasteiger partial charge on any atom is -0.310 e. The third-order valence-corrected chi connectivity index (χ3v) is 4.24. The Hall–Kier alpha value is -1.13. The second-order valence-corrected chi connectivity index (χ2v) is 5.87. The van der Waals surface area contributed by atoms with Crippen molar-refractivity contribution in [3.63, 3.8) is 0 Å². The van der Waals surface area contributed by atoms with E-state index >= 15 is 0 Å². The molecule has 2 heterocycles. The van der Waals surface area contributed by atoms with Gasteiger partial charge >= 0.3 is 0 Å². The van der Waals surface area contributed by atoms with Crippen LogP contribution in [0, 0.1) is 0 Å². The number of thiophene rings is 1. The van der Waals surface area contributed by atoms with Crippen LogP contribution in [0.1, 0.15) is 44.7 Å². The highest BCUT2D eigenvalue weighted by atomic mass is 32.1. The molecule has 2 rings (SSSR count). The van der Waals surface area contributed by atoms with Crippen LogP contribution in [-0.2, 0) is 0 Å². The van der Waals surface area contributed by atoms with E-state index in [-0.39, 0.29) is 0 Å². The highest BCUT2D eigenvalue weighted by Gasteiger charge is 2.10. The average Bonchev–Trinajstić information content (AvgIpc) is 2.98. The summed E-state index contributed by atoms with van der Waals surface area (Å²) in [6, 6.07) is 7.29. The van der Waals surface area contributed by atoms with Crippen LogP contribution in [0.4, 0.5) is 0 Å². The summed E-state index contributed by atoms with van der Waals surface area (Å²) < 4.78 is 2.00. The van der Waals surface area contributed by atoms with Crippen molar-refractivity contribution in [2.45, 2.75) is 39.8 Å². The lowest BCUT2D eigenvalue weighted by atomic mass is 10.2. The topological polar surface area (TPSA) is 29.9 Å². The molecule has 0 amide bonds. The molecule has 3 nitrogen and oxygen atoms in total. The Kier molecular flexibility index (Phi) is 4.19. The summed E-state index contributed by atoms with van der Waals surface area (Å²) in [6.07, 6.45) is 2.05. The van der Waals surface area contributed by atoms with Crippen LogP contribution in [-0.4, -0.2) is 16.3 Å². The number of aromatic nitrogens is 2. The molecule has 0 spiro atoms. The standard InChI is InChI=1S/C14H21N3S/c1-5-15-11(4)13-6-7-14(18-13)12-8-9-17(16-12)10(2)3/h6-11,15H,5H2,1-4H3. The van der Waals surface area contributed by atoms with Crippen LogP contribution < -0.4 is 5.32 Å². The van der Waals surface area contributed by atoms with Gasteiger partial charge in [-0.25, -0.2) is 0 Å². The summed E-state index contributed by atoms with van der Waals surface area (Å²) in [5, 5.41) is 8.04. The monoisotopic (exact) mass is 263 g/mol. The average molecular weight is 263 g/mol. The van der Waals surface area contributed by atoms with Gasteiger partial charge in [0.1, 0.15) is 5.69 Å². The Balaban J connectivity index is 2.18. The summed E-state index contributed by atoms with van der Waals surface area (Å²) in [5.41, 5.74) is 1.07. The van der Waals surface area contributed by atoms with Crippen molar-refractivity contribution in [1.82, 2.24) is 15.1 Å². The van der Waals surface area contributed by atoms with E-state index in [4.69, 9.17) is 0 Å². The molecule has 1 unspecified atom stereocenters. The van der Waals surface area contributed by atoms with E-state index in [9.17, 15) is 0 Å². The Morgan fingerprint density at radius 1 is 1.28 bits per heavy atom. The lowest BCUT2D eigenvalue weighted by molar-refractivity contribution is 0.534. The molecule has 0 saturated carbocycles. The maximum atomic E-state index is 4.61. The number of rotatable bonds is 5. The second-order valence-electron chi connectivity index (χ2n) is 4.76. The summed E-state index contributed by atoms with van der Waals surface area (Å²) in [4.78, 5) is 2.61. The van der Waals surface area contributed by atoms with Crippen LogP contribution >= 0.6 is 11.3 Å². The van der Waals surface area contributed by atoms with E-state index in [0.717, 1.165) is 12.2 Å². The van der Waals surface area contributed by atoms with Gasteiger partial charge in [0.25, 0.3) is 0 Å². The predicted octanol–water partition coefficient (Wildman–Crippen LogP) is 3.86. The van der Waals surface area contributed by atoms with E-state index in [0.29, 0.717) is 12.1 Å². The molecule has 0 aliphatic rings. The van der Waals surface area contributed by atoms with Gasteiger partial charge in [-0.2, -0.15) is 5.10 Å². The molecule has 98 valence electrons. The highest BCUT2D eigenvalue weighted by Crippen LogP contribution is 2.30. The fraction of sp³-hybridized carbons (Fsp3) is 0.500. The Labute approximate surface area is 113 Å². The molecule has 0 bridgehead atoms. The minimum atomic E-state index is 0.416. The molecule has 2 aromatic rings. The van der Waals surface area contributed by atoms with Gasteiger partial charge in [-0.15, -0.1) is 11.3 Å². The SMILES string of the molecule is CCNC(C)c1ccc(-c2ccn(C(C)C)n2)s1. The molecule has 0 aliphatic heterocycles. The maximum absolute atomic E-state index is 4.61. The van der Waals surface area contributed by atoms with Gasteiger partial charge in [0.05, 0.1) is 4.88 Å². The lowest BCUT2D eigenvalue weighted by Gasteiger charge is -2.08. The predicted molar refractivity (Wildman–Crippen MR) is 78.0 cm³/mol. The lowest BCUT2D eigenvalue weighted by Crippen LogP contribution is -2.16. The normalized spacial score (nSPS) is 13.2. The molecule has 1 N–H and O–H groups in total. The second kappa shape index (κ2) is 5.67. The minimum absolute atomic E-state index is 0.416. The van der Waals surface area contributed by atoms with Gasteiger partial charge in [0.15, 0.2) is 0 Å². The number of hydrogen-bond acceptors (Lipinski definition) is 3. The van der Waals surface area contributed by atoms with E-state index < -0.39 is 0 Å². The first-order valence-electron chi connectivity index (χ1n) is 6.50. The fourth-order valence-electron chi connectivity index (χ4n) is 1.89. The highest BCUT2D eigenvalue weighted by molar-refractivity contribution is 7.15. The van der Waals surface area contributed by atoms with Crippen LogP contribution in [0.25, 0.3) is 10.6 Å². The zero-order chi connectivity index (χ0) is 13.1. The Morgan fingerprint density at radius 2 is 2.06 bits per heavy atom. The summed E-state index contributed by atoms with van der Waals surface area (Å²) >= 11 is 1.82. The van der Waals surface area contributed by atoms with Gasteiger partial charge in [-0.05, 0) is 45.5 Å². The summed E-state index contributed by atoms with van der Waals surface area (Å²) in [7, 11) is 0. The third kappa shape index (κ3) is 2.82. The number of hydrogen-bond donors (Lipinski definition) is 1. The maximum Gasteiger partial charge on any atom is 0.102 e. The molecule has 2 aromatic heterocycles. The van der Waals surface area contributed by atoms with Crippen LogP contribution in [0.15, 0.2) is 24.4 Å². The smallest absolute Gasteiger partial charge is 0.102 e. The van der Waals surface area contributed by atoms with Gasteiger partial charge in [-0.3, -0.25) is 4.68 Å². The Bertz CT molecular complexity index is 499. The quantitative estimate of drug-likeness (QED) is 0.887. The van der Waals surface area contributed by atoms with E-state index in [2.05, 4.69) is 56.3 Å².